The molecule has 0 radical (unpaired) electrons. The van der Waals surface area contributed by atoms with Crippen molar-refractivity contribution < 1.29 is 5.11 Å². The van der Waals surface area contributed by atoms with Crippen molar-refractivity contribution in [3.63, 3.8) is 0 Å². The lowest BCUT2D eigenvalue weighted by atomic mass is 9.94. The van der Waals surface area contributed by atoms with E-state index in [2.05, 4.69) is 31.2 Å². The minimum Gasteiger partial charge on any atom is -0.508 e. The highest BCUT2D eigenvalue weighted by molar-refractivity contribution is 9.10. The smallest absolute Gasteiger partial charge is 0.126 e. The first kappa shape index (κ1) is 16.5. The summed E-state index contributed by atoms with van der Waals surface area (Å²) in [4.78, 5) is 8.80. The molecular formula is C21H16BrN3O. The molecule has 2 N–H and O–H groups in total. The second kappa shape index (κ2) is 7.14. The number of hydrogen-bond acceptors (Lipinski definition) is 4. The molecule has 0 unspecified atom stereocenters. The Morgan fingerprint density at radius 3 is 2.58 bits per heavy atom. The first-order chi connectivity index (χ1) is 12.7. The van der Waals surface area contributed by atoms with Crippen LogP contribution < -0.4 is 5.32 Å². The van der Waals surface area contributed by atoms with Crippen molar-refractivity contribution in [3.05, 3.63) is 94.7 Å². The number of aromatic hydroxyl groups is 1. The van der Waals surface area contributed by atoms with E-state index < -0.39 is 0 Å². The fourth-order valence-electron chi connectivity index (χ4n) is 3.07. The zero-order chi connectivity index (χ0) is 17.9. The Kier molecular flexibility index (Phi) is 4.54. The molecule has 2 heterocycles. The third-order valence-electron chi connectivity index (χ3n) is 4.23. The summed E-state index contributed by atoms with van der Waals surface area (Å²) in [5.41, 5.74) is 2.62. The summed E-state index contributed by atoms with van der Waals surface area (Å²) >= 11 is 3.54. The second-order valence-electron chi connectivity index (χ2n) is 5.92. The SMILES string of the molecule is Oc1ccc2ncccc2c1[C@H](Nc1ccccn1)c1cccc(Br)c1. The molecular weight excluding hydrogens is 390 g/mol. The molecule has 0 aliphatic heterocycles. The average molecular weight is 406 g/mol. The predicted molar refractivity (Wildman–Crippen MR) is 107 cm³/mol. The number of rotatable bonds is 4. The average Bonchev–Trinajstić information content (AvgIpc) is 2.67. The van der Waals surface area contributed by atoms with Crippen molar-refractivity contribution >= 4 is 32.7 Å². The van der Waals surface area contributed by atoms with Gasteiger partial charge in [-0.15, -0.1) is 0 Å². The lowest BCUT2D eigenvalue weighted by Crippen LogP contribution is -2.14. The summed E-state index contributed by atoms with van der Waals surface area (Å²) in [5.74, 6) is 0.955. The van der Waals surface area contributed by atoms with Gasteiger partial charge in [-0.05, 0) is 48.0 Å². The number of nitrogens with one attached hydrogen (secondary N) is 1. The maximum absolute atomic E-state index is 10.7. The van der Waals surface area contributed by atoms with Crippen LogP contribution in [0.2, 0.25) is 0 Å². The number of anilines is 1. The lowest BCUT2D eigenvalue weighted by molar-refractivity contribution is 0.468. The molecule has 0 spiro atoms. The third kappa shape index (κ3) is 3.26. The van der Waals surface area contributed by atoms with E-state index in [0.717, 1.165) is 32.3 Å². The zero-order valence-corrected chi connectivity index (χ0v) is 15.4. The van der Waals surface area contributed by atoms with Crippen LogP contribution in [0.15, 0.2) is 83.6 Å². The van der Waals surface area contributed by atoms with Crippen molar-refractivity contribution in [2.75, 3.05) is 5.32 Å². The van der Waals surface area contributed by atoms with Gasteiger partial charge in [0.05, 0.1) is 11.6 Å². The molecule has 1 atom stereocenters. The Bertz CT molecular complexity index is 1050. The van der Waals surface area contributed by atoms with Crippen LogP contribution in [0.3, 0.4) is 0 Å². The van der Waals surface area contributed by atoms with Crippen LogP contribution in [0.4, 0.5) is 5.82 Å². The third-order valence-corrected chi connectivity index (χ3v) is 4.72. The van der Waals surface area contributed by atoms with Gasteiger partial charge < -0.3 is 10.4 Å². The molecule has 5 heteroatoms. The van der Waals surface area contributed by atoms with Crippen LogP contribution >= 0.6 is 15.9 Å². The molecule has 2 aromatic carbocycles. The van der Waals surface area contributed by atoms with Gasteiger partial charge in [0.15, 0.2) is 0 Å². The van der Waals surface area contributed by atoms with Crippen LogP contribution in [0, 0.1) is 0 Å². The van der Waals surface area contributed by atoms with Gasteiger partial charge in [0.2, 0.25) is 0 Å². The molecule has 0 aliphatic rings. The van der Waals surface area contributed by atoms with E-state index in [1.165, 1.54) is 0 Å². The van der Waals surface area contributed by atoms with Crippen LogP contribution in [-0.4, -0.2) is 15.1 Å². The predicted octanol–water partition coefficient (Wildman–Crippen LogP) is 5.30. The Hall–Kier alpha value is -2.92. The highest BCUT2D eigenvalue weighted by Gasteiger charge is 2.21. The van der Waals surface area contributed by atoms with Crippen molar-refractivity contribution in [1.82, 2.24) is 9.97 Å². The molecule has 0 saturated heterocycles. The quantitative estimate of drug-likeness (QED) is 0.483. The highest BCUT2D eigenvalue weighted by Crippen LogP contribution is 2.37. The van der Waals surface area contributed by atoms with Crippen LogP contribution in [0.25, 0.3) is 10.9 Å². The number of nitrogens with zero attached hydrogens (tertiary/aromatic N) is 2. The van der Waals surface area contributed by atoms with Gasteiger partial charge in [0.1, 0.15) is 11.6 Å². The number of fused-ring (bicyclic) bond motifs is 1. The van der Waals surface area contributed by atoms with E-state index in [1.54, 1.807) is 18.5 Å². The Balaban J connectivity index is 1.92. The number of aromatic nitrogens is 2. The minimum absolute atomic E-state index is 0.221. The first-order valence-electron chi connectivity index (χ1n) is 8.22. The van der Waals surface area contributed by atoms with Gasteiger partial charge in [-0.25, -0.2) is 4.98 Å². The van der Waals surface area contributed by atoms with E-state index >= 15 is 0 Å². The second-order valence-corrected chi connectivity index (χ2v) is 6.83. The van der Waals surface area contributed by atoms with Gasteiger partial charge in [-0.2, -0.15) is 0 Å². The molecule has 2 aromatic heterocycles. The molecule has 4 nitrogen and oxygen atoms in total. The van der Waals surface area contributed by atoms with Crippen molar-refractivity contribution in [3.8, 4) is 5.75 Å². The van der Waals surface area contributed by atoms with Crippen molar-refractivity contribution in [2.45, 2.75) is 6.04 Å². The van der Waals surface area contributed by atoms with Gasteiger partial charge in [0.25, 0.3) is 0 Å². The van der Waals surface area contributed by atoms with E-state index in [-0.39, 0.29) is 11.8 Å². The number of halogens is 1. The maximum Gasteiger partial charge on any atom is 0.126 e. The standard InChI is InChI=1S/C21H16BrN3O/c22-15-6-3-5-14(13-15)21(25-19-8-1-2-11-24-19)20-16-7-4-12-23-17(16)9-10-18(20)26/h1-13,21,26H,(H,24,25)/t21-/m1/s1. The molecule has 0 amide bonds. The number of phenolic OH excluding ortho intramolecular Hbond substituents is 1. The number of phenols is 1. The van der Waals surface area contributed by atoms with Crippen molar-refractivity contribution in [2.24, 2.45) is 0 Å². The molecule has 4 rings (SSSR count). The fourth-order valence-corrected chi connectivity index (χ4v) is 3.49. The topological polar surface area (TPSA) is 58.0 Å². The van der Waals surface area contributed by atoms with E-state index in [0.29, 0.717) is 0 Å². The van der Waals surface area contributed by atoms with Crippen LogP contribution in [0.1, 0.15) is 17.2 Å². The summed E-state index contributed by atoms with van der Waals surface area (Å²) in [5, 5.41) is 15.0. The van der Waals surface area contributed by atoms with E-state index in [4.69, 9.17) is 0 Å². The minimum atomic E-state index is -0.282. The summed E-state index contributed by atoms with van der Waals surface area (Å²) in [6.45, 7) is 0. The fraction of sp³-hybridized carbons (Fsp3) is 0.0476. The Morgan fingerprint density at radius 1 is 0.885 bits per heavy atom. The molecule has 0 aliphatic carbocycles. The van der Waals surface area contributed by atoms with Gasteiger partial charge >= 0.3 is 0 Å². The number of hydrogen-bond donors (Lipinski definition) is 2. The molecule has 4 aromatic rings. The monoisotopic (exact) mass is 405 g/mol. The van der Waals surface area contributed by atoms with Crippen LogP contribution in [-0.2, 0) is 0 Å². The summed E-state index contributed by atoms with van der Waals surface area (Å²) in [7, 11) is 0. The van der Waals surface area contributed by atoms with Crippen LogP contribution in [0.5, 0.6) is 5.75 Å². The highest BCUT2D eigenvalue weighted by atomic mass is 79.9. The number of benzene rings is 2. The number of pyridine rings is 2. The summed E-state index contributed by atoms with van der Waals surface area (Å²) in [6.07, 6.45) is 3.49. The van der Waals surface area contributed by atoms with Gasteiger partial charge in [-0.3, -0.25) is 4.98 Å². The maximum atomic E-state index is 10.7. The molecule has 0 saturated carbocycles. The molecule has 26 heavy (non-hydrogen) atoms. The van der Waals surface area contributed by atoms with Crippen molar-refractivity contribution in [1.29, 1.82) is 0 Å². The van der Waals surface area contributed by atoms with E-state index in [9.17, 15) is 5.11 Å². The zero-order valence-electron chi connectivity index (χ0n) is 13.8. The summed E-state index contributed by atoms with van der Waals surface area (Å²) < 4.78 is 0.973. The largest absolute Gasteiger partial charge is 0.508 e. The lowest BCUT2D eigenvalue weighted by Gasteiger charge is -2.23. The van der Waals surface area contributed by atoms with Gasteiger partial charge in [-0.1, -0.05) is 40.2 Å². The normalized spacial score (nSPS) is 12.0. The Labute approximate surface area is 159 Å². The van der Waals surface area contributed by atoms with Gasteiger partial charge in [0, 0.05) is 27.8 Å². The molecule has 0 fully saturated rings. The molecule has 0 bridgehead atoms. The first-order valence-corrected chi connectivity index (χ1v) is 9.01. The summed E-state index contributed by atoms with van der Waals surface area (Å²) in [6, 6.07) is 20.8. The Morgan fingerprint density at radius 2 is 1.77 bits per heavy atom. The molecule has 128 valence electrons. The van der Waals surface area contributed by atoms with E-state index in [1.807, 2.05) is 60.7 Å².